The van der Waals surface area contributed by atoms with Gasteiger partial charge in [0, 0.05) is 26.1 Å². The third-order valence-electron chi connectivity index (χ3n) is 2.56. The third kappa shape index (κ3) is 4.92. The van der Waals surface area contributed by atoms with Gasteiger partial charge in [-0.1, -0.05) is 6.92 Å². The molecule has 0 spiro atoms. The zero-order valence-corrected chi connectivity index (χ0v) is 11.4. The summed E-state index contributed by atoms with van der Waals surface area (Å²) >= 11 is 0. The number of halogens is 3. The molecule has 0 saturated heterocycles. The molecule has 0 saturated carbocycles. The van der Waals surface area contributed by atoms with Gasteiger partial charge in [0.1, 0.15) is 24.0 Å². The van der Waals surface area contributed by atoms with Crippen LogP contribution >= 0.6 is 0 Å². The van der Waals surface area contributed by atoms with Crippen LogP contribution in [0.2, 0.25) is 0 Å². The number of nitrogens with zero attached hydrogens (tertiary/aromatic N) is 3. The number of nitrogens with one attached hydrogen (secondary N) is 1. The molecule has 0 aliphatic carbocycles. The van der Waals surface area contributed by atoms with Gasteiger partial charge in [0.25, 0.3) is 0 Å². The smallest absolute Gasteiger partial charge is 0.373 e. The molecule has 0 amide bonds. The second-order valence-corrected chi connectivity index (χ2v) is 4.16. The molecule has 1 aromatic rings. The highest BCUT2D eigenvalue weighted by Gasteiger charge is 2.31. The molecule has 1 rings (SSSR count). The van der Waals surface area contributed by atoms with E-state index in [4.69, 9.17) is 0 Å². The quantitative estimate of drug-likeness (QED) is 0.867. The van der Waals surface area contributed by atoms with Crippen LogP contribution in [0.1, 0.15) is 26.1 Å². The van der Waals surface area contributed by atoms with Gasteiger partial charge < -0.3 is 10.2 Å². The molecular weight excluding hydrogens is 257 g/mol. The number of hydrogen-bond donors (Lipinski definition) is 1. The standard InChI is InChI=1S/C12H19F3N4/c1-4-6-9-17-10(16-3)7-11(18-9)19(5-2)8-12(13,14)15/h7H,4-6,8H2,1-3H3,(H,16,17,18). The van der Waals surface area contributed by atoms with Gasteiger partial charge in [0.15, 0.2) is 0 Å². The summed E-state index contributed by atoms with van der Waals surface area (Å²) < 4.78 is 37.5. The Bertz CT molecular complexity index is 406. The molecule has 0 bridgehead atoms. The molecule has 1 heterocycles. The van der Waals surface area contributed by atoms with Crippen LogP contribution in [-0.2, 0) is 6.42 Å². The Kier molecular flexibility index (Phi) is 5.38. The molecule has 0 radical (unpaired) electrons. The number of aryl methyl sites for hydroxylation is 1. The molecule has 4 nitrogen and oxygen atoms in total. The maximum Gasteiger partial charge on any atom is 0.405 e. The number of anilines is 2. The monoisotopic (exact) mass is 276 g/mol. The van der Waals surface area contributed by atoms with E-state index in [1.165, 1.54) is 11.0 Å². The largest absolute Gasteiger partial charge is 0.405 e. The molecule has 0 atom stereocenters. The minimum Gasteiger partial charge on any atom is -0.373 e. The minimum atomic E-state index is -4.24. The van der Waals surface area contributed by atoms with E-state index in [1.54, 1.807) is 14.0 Å². The number of alkyl halides is 3. The van der Waals surface area contributed by atoms with Gasteiger partial charge >= 0.3 is 6.18 Å². The van der Waals surface area contributed by atoms with Crippen LogP contribution in [0.15, 0.2) is 6.07 Å². The number of aromatic nitrogens is 2. The van der Waals surface area contributed by atoms with E-state index in [1.807, 2.05) is 6.92 Å². The highest BCUT2D eigenvalue weighted by molar-refractivity contribution is 5.49. The summed E-state index contributed by atoms with van der Waals surface area (Å²) in [6, 6.07) is 1.54. The van der Waals surface area contributed by atoms with Crippen molar-refractivity contribution in [3.05, 3.63) is 11.9 Å². The van der Waals surface area contributed by atoms with Crippen molar-refractivity contribution in [3.63, 3.8) is 0 Å². The van der Waals surface area contributed by atoms with Gasteiger partial charge in [-0.15, -0.1) is 0 Å². The Balaban J connectivity index is 3.04. The highest BCUT2D eigenvalue weighted by Crippen LogP contribution is 2.22. The van der Waals surface area contributed by atoms with E-state index < -0.39 is 12.7 Å². The molecule has 0 fully saturated rings. The van der Waals surface area contributed by atoms with Crippen LogP contribution in [0, 0.1) is 0 Å². The Hall–Kier alpha value is -1.53. The van der Waals surface area contributed by atoms with Crippen LogP contribution in [0.5, 0.6) is 0 Å². The average Bonchev–Trinajstić information content (AvgIpc) is 2.34. The van der Waals surface area contributed by atoms with Crippen LogP contribution in [0.3, 0.4) is 0 Å². The van der Waals surface area contributed by atoms with E-state index in [2.05, 4.69) is 15.3 Å². The number of hydrogen-bond acceptors (Lipinski definition) is 4. The summed E-state index contributed by atoms with van der Waals surface area (Å²) in [7, 11) is 1.68. The summed E-state index contributed by atoms with van der Waals surface area (Å²) in [6.45, 7) is 2.88. The van der Waals surface area contributed by atoms with Crippen molar-refractivity contribution < 1.29 is 13.2 Å². The van der Waals surface area contributed by atoms with E-state index in [-0.39, 0.29) is 6.54 Å². The molecule has 108 valence electrons. The van der Waals surface area contributed by atoms with Crippen molar-refractivity contribution >= 4 is 11.6 Å². The van der Waals surface area contributed by atoms with E-state index in [0.29, 0.717) is 23.9 Å². The third-order valence-corrected chi connectivity index (χ3v) is 2.56. The molecular formula is C12H19F3N4. The predicted molar refractivity (Wildman–Crippen MR) is 69.5 cm³/mol. The fraction of sp³-hybridized carbons (Fsp3) is 0.667. The summed E-state index contributed by atoms with van der Waals surface area (Å²) in [5.74, 6) is 1.40. The minimum absolute atomic E-state index is 0.241. The Morgan fingerprint density at radius 1 is 1.26 bits per heavy atom. The van der Waals surface area contributed by atoms with Crippen molar-refractivity contribution in [2.45, 2.75) is 32.9 Å². The highest BCUT2D eigenvalue weighted by atomic mass is 19.4. The van der Waals surface area contributed by atoms with Crippen molar-refractivity contribution in [2.75, 3.05) is 30.4 Å². The first-order valence-electron chi connectivity index (χ1n) is 6.27. The molecule has 0 aromatic carbocycles. The molecule has 0 aliphatic rings. The first kappa shape index (κ1) is 15.5. The van der Waals surface area contributed by atoms with Crippen molar-refractivity contribution in [1.82, 2.24) is 9.97 Å². The van der Waals surface area contributed by atoms with E-state index >= 15 is 0 Å². The van der Waals surface area contributed by atoms with Crippen molar-refractivity contribution in [3.8, 4) is 0 Å². The second-order valence-electron chi connectivity index (χ2n) is 4.16. The second kappa shape index (κ2) is 6.58. The Labute approximate surface area is 111 Å². The molecule has 1 N–H and O–H groups in total. The summed E-state index contributed by atoms with van der Waals surface area (Å²) in [5.41, 5.74) is 0. The summed E-state index contributed by atoms with van der Waals surface area (Å²) in [6.07, 6.45) is -2.75. The van der Waals surface area contributed by atoms with Gasteiger partial charge in [-0.3, -0.25) is 0 Å². The maximum atomic E-state index is 12.5. The Morgan fingerprint density at radius 3 is 2.42 bits per heavy atom. The molecule has 19 heavy (non-hydrogen) atoms. The van der Waals surface area contributed by atoms with Crippen molar-refractivity contribution in [2.24, 2.45) is 0 Å². The lowest BCUT2D eigenvalue weighted by Crippen LogP contribution is -2.35. The average molecular weight is 276 g/mol. The van der Waals surface area contributed by atoms with Crippen LogP contribution < -0.4 is 10.2 Å². The van der Waals surface area contributed by atoms with Gasteiger partial charge in [-0.25, -0.2) is 9.97 Å². The zero-order valence-electron chi connectivity index (χ0n) is 11.4. The van der Waals surface area contributed by atoms with Crippen molar-refractivity contribution in [1.29, 1.82) is 0 Å². The van der Waals surface area contributed by atoms with Crippen LogP contribution in [-0.4, -0.2) is 36.3 Å². The lowest BCUT2D eigenvalue weighted by Gasteiger charge is -2.24. The normalized spacial score (nSPS) is 11.5. The lowest BCUT2D eigenvalue weighted by atomic mass is 10.3. The van der Waals surface area contributed by atoms with E-state index in [9.17, 15) is 13.2 Å². The van der Waals surface area contributed by atoms with Gasteiger partial charge in [0.2, 0.25) is 0 Å². The molecule has 7 heteroatoms. The van der Waals surface area contributed by atoms with Crippen LogP contribution in [0.25, 0.3) is 0 Å². The fourth-order valence-electron chi connectivity index (χ4n) is 1.68. The molecule has 0 unspecified atom stereocenters. The first-order chi connectivity index (χ1) is 8.89. The summed E-state index contributed by atoms with van der Waals surface area (Å²) in [5, 5.41) is 2.85. The van der Waals surface area contributed by atoms with Gasteiger partial charge in [0.05, 0.1) is 0 Å². The number of rotatable bonds is 6. The van der Waals surface area contributed by atoms with Crippen LogP contribution in [0.4, 0.5) is 24.8 Å². The predicted octanol–water partition coefficient (Wildman–Crippen LogP) is 2.86. The van der Waals surface area contributed by atoms with Gasteiger partial charge in [-0.2, -0.15) is 13.2 Å². The maximum absolute atomic E-state index is 12.5. The lowest BCUT2D eigenvalue weighted by molar-refractivity contribution is -0.119. The zero-order chi connectivity index (χ0) is 14.5. The van der Waals surface area contributed by atoms with E-state index in [0.717, 1.165) is 6.42 Å². The Morgan fingerprint density at radius 2 is 1.95 bits per heavy atom. The molecule has 1 aromatic heterocycles. The topological polar surface area (TPSA) is 41.1 Å². The molecule has 0 aliphatic heterocycles. The van der Waals surface area contributed by atoms with Gasteiger partial charge in [-0.05, 0) is 13.3 Å². The first-order valence-corrected chi connectivity index (χ1v) is 6.27. The fourth-order valence-corrected chi connectivity index (χ4v) is 1.68. The summed E-state index contributed by atoms with van der Waals surface area (Å²) in [4.78, 5) is 9.62. The SMILES string of the molecule is CCCc1nc(NC)cc(N(CC)CC(F)(F)F)n1.